The number of alkyl halides is 1. The molecule has 0 fully saturated rings. The molecule has 0 aliphatic rings. The molecule has 0 radical (unpaired) electrons. The minimum atomic E-state index is -3.81. The molecule has 0 spiro atoms. The van der Waals surface area contributed by atoms with Crippen LogP contribution in [0, 0.1) is 5.92 Å². The highest BCUT2D eigenvalue weighted by Gasteiger charge is 2.28. The normalized spacial score (nSPS) is 14.3. The maximum Gasteiger partial charge on any atom is 0.308 e. The van der Waals surface area contributed by atoms with Gasteiger partial charge in [0, 0.05) is 11.6 Å². The summed E-state index contributed by atoms with van der Waals surface area (Å²) in [5, 5.41) is 8.99. The molecule has 0 aliphatic carbocycles. The minimum absolute atomic E-state index is 0.153. The summed E-state index contributed by atoms with van der Waals surface area (Å²) in [5.74, 6) is -1.90. The highest BCUT2D eigenvalue weighted by atomic mass is 35.5. The molecule has 5 nitrogen and oxygen atoms in total. The predicted octanol–water partition coefficient (Wildman–Crippen LogP) is 3.88. The van der Waals surface area contributed by atoms with Gasteiger partial charge in [0.25, 0.3) is 10.0 Å². The van der Waals surface area contributed by atoms with Crippen molar-refractivity contribution in [1.29, 1.82) is 0 Å². The molecule has 0 bridgehead atoms. The van der Waals surface area contributed by atoms with Gasteiger partial charge >= 0.3 is 5.97 Å². The molecule has 0 amide bonds. The van der Waals surface area contributed by atoms with E-state index in [9.17, 15) is 18.3 Å². The van der Waals surface area contributed by atoms with Gasteiger partial charge in [-0.15, -0.1) is 11.6 Å². The van der Waals surface area contributed by atoms with Crippen LogP contribution in [0.15, 0.2) is 65.7 Å². The summed E-state index contributed by atoms with van der Waals surface area (Å²) in [6, 6.07) is 15.0. The number of halogens is 1. The van der Waals surface area contributed by atoms with Crippen LogP contribution in [0.3, 0.4) is 0 Å². The summed E-state index contributed by atoms with van der Waals surface area (Å²) in [7, 11) is -3.81. The quantitative estimate of drug-likeness (QED) is 0.684. The average molecular weight is 378 g/mol. The maximum atomic E-state index is 13.0. The lowest BCUT2D eigenvalue weighted by atomic mass is 10.0. The van der Waals surface area contributed by atoms with E-state index < -0.39 is 27.3 Å². The highest BCUT2D eigenvalue weighted by molar-refractivity contribution is 7.90. The van der Waals surface area contributed by atoms with Crippen molar-refractivity contribution in [3.8, 4) is 0 Å². The Morgan fingerprint density at radius 2 is 1.68 bits per heavy atom. The van der Waals surface area contributed by atoms with Gasteiger partial charge in [0.2, 0.25) is 0 Å². The number of para-hydroxylation sites is 1. The summed E-state index contributed by atoms with van der Waals surface area (Å²) < 4.78 is 27.1. The molecule has 1 N–H and O–H groups in total. The molecule has 130 valence electrons. The second-order valence-electron chi connectivity index (χ2n) is 5.74. The van der Waals surface area contributed by atoms with Crippen molar-refractivity contribution in [2.75, 3.05) is 0 Å². The second kappa shape index (κ2) is 6.54. The van der Waals surface area contributed by atoms with Crippen LogP contribution in [-0.2, 0) is 14.8 Å². The first-order valence-corrected chi connectivity index (χ1v) is 9.49. The second-order valence-corrected chi connectivity index (χ2v) is 8.03. The molecule has 2 atom stereocenters. The number of hydrogen-bond donors (Lipinski definition) is 1. The van der Waals surface area contributed by atoms with E-state index >= 15 is 0 Å². The van der Waals surface area contributed by atoms with Crippen molar-refractivity contribution in [2.45, 2.75) is 17.2 Å². The van der Waals surface area contributed by atoms with E-state index in [1.807, 2.05) is 0 Å². The topological polar surface area (TPSA) is 76.4 Å². The molecular weight excluding hydrogens is 362 g/mol. The van der Waals surface area contributed by atoms with Crippen molar-refractivity contribution < 1.29 is 18.3 Å². The largest absolute Gasteiger partial charge is 0.481 e. The molecule has 2 aromatic carbocycles. The number of carboxylic acid groups (broad SMARTS) is 1. The van der Waals surface area contributed by atoms with Crippen LogP contribution in [0.4, 0.5) is 0 Å². The summed E-state index contributed by atoms with van der Waals surface area (Å²) >= 11 is 6.35. The monoisotopic (exact) mass is 377 g/mol. The Kier molecular flexibility index (Phi) is 4.58. The molecule has 0 saturated carbocycles. The van der Waals surface area contributed by atoms with Crippen LogP contribution >= 0.6 is 11.6 Å². The number of fused-ring (bicyclic) bond motifs is 1. The Morgan fingerprint density at radius 3 is 2.32 bits per heavy atom. The molecule has 25 heavy (non-hydrogen) atoms. The van der Waals surface area contributed by atoms with Gasteiger partial charge < -0.3 is 5.11 Å². The Bertz CT molecular complexity index is 1030. The van der Waals surface area contributed by atoms with Gasteiger partial charge in [-0.25, -0.2) is 12.4 Å². The van der Waals surface area contributed by atoms with Gasteiger partial charge in [-0.2, -0.15) is 0 Å². The Hall–Kier alpha value is -2.31. The van der Waals surface area contributed by atoms with E-state index in [4.69, 9.17) is 11.6 Å². The molecular formula is C18H16ClNO4S. The third-order valence-corrected chi connectivity index (χ3v) is 6.44. The predicted molar refractivity (Wildman–Crippen MR) is 96.4 cm³/mol. The summed E-state index contributed by atoms with van der Waals surface area (Å²) in [4.78, 5) is 11.4. The Labute approximate surface area is 150 Å². The number of aliphatic carboxylic acids is 1. The lowest BCUT2D eigenvalue weighted by molar-refractivity contribution is -0.141. The van der Waals surface area contributed by atoms with Crippen LogP contribution in [0.25, 0.3) is 10.9 Å². The van der Waals surface area contributed by atoms with E-state index in [2.05, 4.69) is 0 Å². The van der Waals surface area contributed by atoms with Crippen LogP contribution < -0.4 is 0 Å². The highest BCUT2D eigenvalue weighted by Crippen LogP contribution is 2.36. The third-order valence-electron chi connectivity index (χ3n) is 4.13. The molecule has 7 heteroatoms. The zero-order valence-electron chi connectivity index (χ0n) is 13.3. The lowest BCUT2D eigenvalue weighted by Gasteiger charge is -2.13. The number of nitrogens with zero attached hydrogens (tertiary/aromatic N) is 1. The fourth-order valence-corrected chi connectivity index (χ4v) is 4.37. The van der Waals surface area contributed by atoms with Gasteiger partial charge in [0.1, 0.15) is 0 Å². The van der Waals surface area contributed by atoms with Gasteiger partial charge in [-0.3, -0.25) is 4.79 Å². The maximum absolute atomic E-state index is 13.0. The van der Waals surface area contributed by atoms with E-state index in [-0.39, 0.29) is 4.90 Å². The molecule has 3 aromatic rings. The van der Waals surface area contributed by atoms with E-state index in [1.54, 1.807) is 42.5 Å². The first kappa shape index (κ1) is 17.5. The van der Waals surface area contributed by atoms with Gasteiger partial charge in [-0.05, 0) is 23.8 Å². The van der Waals surface area contributed by atoms with Crippen molar-refractivity contribution in [2.24, 2.45) is 5.92 Å². The lowest BCUT2D eigenvalue weighted by Crippen LogP contribution is -2.15. The van der Waals surface area contributed by atoms with Crippen LogP contribution in [-0.4, -0.2) is 23.5 Å². The number of hydrogen-bond acceptors (Lipinski definition) is 3. The number of carboxylic acids is 1. The van der Waals surface area contributed by atoms with Crippen molar-refractivity contribution in [3.63, 3.8) is 0 Å². The number of carbonyl (C=O) groups is 1. The zero-order valence-corrected chi connectivity index (χ0v) is 14.9. The van der Waals surface area contributed by atoms with Crippen LogP contribution in [0.2, 0.25) is 0 Å². The molecule has 1 aromatic heterocycles. The standard InChI is InChI=1S/C18H16ClNO4S/c1-12(18(21)22)17(19)15-11-20(16-10-6-5-9-14(15)16)25(23,24)13-7-3-2-4-8-13/h2-12,17H,1H3,(H,21,22). The fraction of sp³-hybridized carbons (Fsp3) is 0.167. The van der Waals surface area contributed by atoms with Crippen LogP contribution in [0.1, 0.15) is 17.9 Å². The van der Waals surface area contributed by atoms with E-state index in [1.165, 1.54) is 25.3 Å². The van der Waals surface area contributed by atoms with Crippen molar-refractivity contribution in [1.82, 2.24) is 3.97 Å². The Morgan fingerprint density at radius 1 is 1.08 bits per heavy atom. The molecule has 0 saturated heterocycles. The molecule has 3 rings (SSSR count). The summed E-state index contributed by atoms with van der Waals surface area (Å²) in [6.45, 7) is 1.50. The average Bonchev–Trinajstić information content (AvgIpc) is 3.01. The van der Waals surface area contributed by atoms with Crippen molar-refractivity contribution in [3.05, 3.63) is 66.4 Å². The smallest absolute Gasteiger partial charge is 0.308 e. The van der Waals surface area contributed by atoms with E-state index in [0.29, 0.717) is 16.5 Å². The first-order valence-electron chi connectivity index (χ1n) is 7.61. The summed E-state index contributed by atoms with van der Waals surface area (Å²) in [5.41, 5.74) is 0.941. The van der Waals surface area contributed by atoms with Gasteiger partial charge in [0.15, 0.2) is 0 Å². The number of benzene rings is 2. The molecule has 1 heterocycles. The van der Waals surface area contributed by atoms with Crippen LogP contribution in [0.5, 0.6) is 0 Å². The fourth-order valence-electron chi connectivity index (χ4n) is 2.69. The Balaban J connectivity index is 2.23. The SMILES string of the molecule is CC(C(=O)O)C(Cl)c1cn(S(=O)(=O)c2ccccc2)c2ccccc12. The van der Waals surface area contributed by atoms with Gasteiger partial charge in [-0.1, -0.05) is 43.3 Å². The minimum Gasteiger partial charge on any atom is -0.481 e. The van der Waals surface area contributed by atoms with Gasteiger partial charge in [0.05, 0.1) is 21.7 Å². The summed E-state index contributed by atoms with van der Waals surface area (Å²) in [6.07, 6.45) is 1.42. The number of aromatic nitrogens is 1. The molecule has 0 aliphatic heterocycles. The first-order chi connectivity index (χ1) is 11.8. The molecule has 2 unspecified atom stereocenters. The van der Waals surface area contributed by atoms with E-state index in [0.717, 1.165) is 3.97 Å². The third kappa shape index (κ3) is 3.03. The zero-order chi connectivity index (χ0) is 18.2. The number of rotatable bonds is 5. The van der Waals surface area contributed by atoms with Crippen molar-refractivity contribution >= 4 is 38.5 Å².